The molecule has 2 nitrogen and oxygen atoms in total. The molecule has 98 valence electrons. The Labute approximate surface area is 112 Å². The van der Waals surface area contributed by atoms with E-state index in [1.54, 1.807) is 13.1 Å². The summed E-state index contributed by atoms with van der Waals surface area (Å²) in [6, 6.07) is 12.4. The van der Waals surface area contributed by atoms with Crippen molar-refractivity contribution in [2.75, 3.05) is 7.05 Å². The van der Waals surface area contributed by atoms with Gasteiger partial charge in [-0.2, -0.15) is 0 Å². The van der Waals surface area contributed by atoms with Gasteiger partial charge in [0.15, 0.2) is 0 Å². The van der Waals surface area contributed by atoms with Gasteiger partial charge in [0, 0.05) is 7.05 Å². The molecule has 1 amide bonds. The van der Waals surface area contributed by atoms with Gasteiger partial charge in [-0.1, -0.05) is 30.3 Å². The third kappa shape index (κ3) is 2.99. The number of carbonyl (C=O) groups is 1. The Morgan fingerprint density at radius 3 is 2.58 bits per heavy atom. The summed E-state index contributed by atoms with van der Waals surface area (Å²) in [6.45, 7) is 1.87. The van der Waals surface area contributed by atoms with Gasteiger partial charge in [0.25, 0.3) is 0 Å². The Bertz CT molecular complexity index is 607. The molecule has 0 saturated carbocycles. The van der Waals surface area contributed by atoms with Gasteiger partial charge in [-0.05, 0) is 41.3 Å². The van der Waals surface area contributed by atoms with E-state index in [0.29, 0.717) is 6.42 Å². The van der Waals surface area contributed by atoms with E-state index >= 15 is 0 Å². The highest BCUT2D eigenvalue weighted by Crippen LogP contribution is 2.27. The average Bonchev–Trinajstić information content (AvgIpc) is 2.40. The van der Waals surface area contributed by atoms with Crippen molar-refractivity contribution >= 4 is 5.91 Å². The molecule has 0 atom stereocenters. The first kappa shape index (κ1) is 13.3. The number of halogens is 1. The fourth-order valence-electron chi connectivity index (χ4n) is 2.13. The van der Waals surface area contributed by atoms with Crippen molar-refractivity contribution < 1.29 is 9.18 Å². The highest BCUT2D eigenvalue weighted by Gasteiger charge is 2.10. The van der Waals surface area contributed by atoms with Crippen molar-refractivity contribution in [2.45, 2.75) is 13.3 Å². The summed E-state index contributed by atoms with van der Waals surface area (Å²) < 4.78 is 13.2. The largest absolute Gasteiger partial charge is 0.359 e. The monoisotopic (exact) mass is 257 g/mol. The lowest BCUT2D eigenvalue weighted by Gasteiger charge is -2.11. The number of amides is 1. The predicted molar refractivity (Wildman–Crippen MR) is 74.3 cm³/mol. The van der Waals surface area contributed by atoms with Gasteiger partial charge >= 0.3 is 0 Å². The summed E-state index contributed by atoms with van der Waals surface area (Å²) in [7, 11) is 1.62. The first-order valence-corrected chi connectivity index (χ1v) is 6.17. The summed E-state index contributed by atoms with van der Waals surface area (Å²) in [5, 5.41) is 2.62. The Balaban J connectivity index is 2.47. The van der Waals surface area contributed by atoms with E-state index in [-0.39, 0.29) is 11.7 Å². The predicted octanol–water partition coefficient (Wildman–Crippen LogP) is 3.09. The fraction of sp³-hybridized carbons (Fsp3) is 0.188. The Morgan fingerprint density at radius 1 is 1.16 bits per heavy atom. The van der Waals surface area contributed by atoms with Crippen LogP contribution in [0.5, 0.6) is 0 Å². The molecule has 2 aromatic rings. The van der Waals surface area contributed by atoms with Gasteiger partial charge in [0.05, 0.1) is 6.42 Å². The molecule has 2 aromatic carbocycles. The Kier molecular flexibility index (Phi) is 3.95. The number of rotatable bonds is 3. The summed E-state index contributed by atoms with van der Waals surface area (Å²) >= 11 is 0. The molecule has 0 radical (unpaired) electrons. The smallest absolute Gasteiger partial charge is 0.224 e. The molecule has 3 heteroatoms. The minimum atomic E-state index is -0.245. The number of carbonyl (C=O) groups excluding carboxylic acids is 1. The molecule has 2 rings (SSSR count). The molecular weight excluding hydrogens is 241 g/mol. The molecule has 0 aliphatic rings. The van der Waals surface area contributed by atoms with Crippen molar-refractivity contribution in [2.24, 2.45) is 0 Å². The minimum Gasteiger partial charge on any atom is -0.359 e. The summed E-state index contributed by atoms with van der Waals surface area (Å²) in [5.41, 5.74) is 3.74. The Hall–Kier alpha value is -2.16. The second-order valence-electron chi connectivity index (χ2n) is 4.47. The first-order chi connectivity index (χ1) is 9.11. The highest BCUT2D eigenvalue weighted by atomic mass is 19.1. The van der Waals surface area contributed by atoms with Gasteiger partial charge in [-0.25, -0.2) is 4.39 Å². The lowest BCUT2D eigenvalue weighted by molar-refractivity contribution is -0.119. The quantitative estimate of drug-likeness (QED) is 0.899. The van der Waals surface area contributed by atoms with Gasteiger partial charge in [-0.3, -0.25) is 4.79 Å². The van der Waals surface area contributed by atoms with Crippen molar-refractivity contribution in [3.05, 3.63) is 59.4 Å². The second-order valence-corrected chi connectivity index (χ2v) is 4.47. The maximum atomic E-state index is 13.2. The van der Waals surface area contributed by atoms with Crippen LogP contribution >= 0.6 is 0 Å². The van der Waals surface area contributed by atoms with Crippen LogP contribution in [0.2, 0.25) is 0 Å². The van der Waals surface area contributed by atoms with Crippen LogP contribution in [0, 0.1) is 12.7 Å². The molecule has 0 unspecified atom stereocenters. The maximum Gasteiger partial charge on any atom is 0.224 e. The molecule has 0 heterocycles. The summed E-state index contributed by atoms with van der Waals surface area (Å²) in [6.07, 6.45) is 0.323. The number of hydrogen-bond donors (Lipinski definition) is 1. The van der Waals surface area contributed by atoms with Crippen LogP contribution in [0.3, 0.4) is 0 Å². The Morgan fingerprint density at radius 2 is 1.89 bits per heavy atom. The molecule has 0 aliphatic heterocycles. The van der Waals surface area contributed by atoms with Crippen LogP contribution in [0.25, 0.3) is 11.1 Å². The highest BCUT2D eigenvalue weighted by molar-refractivity contribution is 5.82. The first-order valence-electron chi connectivity index (χ1n) is 6.17. The van der Waals surface area contributed by atoms with Crippen LogP contribution < -0.4 is 5.32 Å². The number of aryl methyl sites for hydroxylation is 1. The van der Waals surface area contributed by atoms with Crippen molar-refractivity contribution in [3.8, 4) is 11.1 Å². The van der Waals surface area contributed by atoms with Gasteiger partial charge < -0.3 is 5.32 Å². The number of likely N-dealkylation sites (N-methyl/N-ethyl adjacent to an activating group) is 1. The third-order valence-electron chi connectivity index (χ3n) is 3.13. The fourth-order valence-corrected chi connectivity index (χ4v) is 2.13. The van der Waals surface area contributed by atoms with E-state index in [9.17, 15) is 9.18 Å². The van der Waals surface area contributed by atoms with E-state index in [0.717, 1.165) is 22.3 Å². The molecule has 0 aliphatic carbocycles. The van der Waals surface area contributed by atoms with E-state index in [4.69, 9.17) is 0 Å². The lowest BCUT2D eigenvalue weighted by Crippen LogP contribution is -2.20. The van der Waals surface area contributed by atoms with Crippen molar-refractivity contribution in [3.63, 3.8) is 0 Å². The zero-order chi connectivity index (χ0) is 13.8. The van der Waals surface area contributed by atoms with Crippen LogP contribution in [0.1, 0.15) is 11.1 Å². The zero-order valence-electron chi connectivity index (χ0n) is 11.0. The number of benzene rings is 2. The molecule has 0 bridgehead atoms. The number of hydrogen-bond acceptors (Lipinski definition) is 1. The van der Waals surface area contributed by atoms with Crippen LogP contribution in [0.15, 0.2) is 42.5 Å². The normalized spacial score (nSPS) is 10.3. The van der Waals surface area contributed by atoms with Crippen molar-refractivity contribution in [1.82, 2.24) is 5.32 Å². The van der Waals surface area contributed by atoms with Gasteiger partial charge in [0.2, 0.25) is 5.91 Å². The molecule has 0 saturated heterocycles. The number of nitrogens with one attached hydrogen (secondary N) is 1. The third-order valence-corrected chi connectivity index (χ3v) is 3.13. The van der Waals surface area contributed by atoms with E-state index < -0.39 is 0 Å². The van der Waals surface area contributed by atoms with Gasteiger partial charge in [-0.15, -0.1) is 0 Å². The van der Waals surface area contributed by atoms with Crippen LogP contribution in [0.4, 0.5) is 4.39 Å². The zero-order valence-corrected chi connectivity index (χ0v) is 11.0. The molecule has 0 aromatic heterocycles. The molecular formula is C16H16FNO. The minimum absolute atomic E-state index is 0.0350. The standard InChI is InChI=1S/C16H16FNO/c1-11-9-13(17)7-8-14(11)15-6-4-3-5-12(15)10-16(19)18-2/h3-9H,10H2,1-2H3,(H,18,19). The SMILES string of the molecule is CNC(=O)Cc1ccccc1-c1ccc(F)cc1C. The van der Waals surface area contributed by atoms with E-state index in [2.05, 4.69) is 5.32 Å². The second kappa shape index (κ2) is 5.65. The summed E-state index contributed by atoms with van der Waals surface area (Å²) in [5.74, 6) is -0.280. The van der Waals surface area contributed by atoms with Crippen LogP contribution in [-0.4, -0.2) is 13.0 Å². The van der Waals surface area contributed by atoms with Crippen molar-refractivity contribution in [1.29, 1.82) is 0 Å². The average molecular weight is 257 g/mol. The van der Waals surface area contributed by atoms with Crippen LogP contribution in [-0.2, 0) is 11.2 Å². The molecule has 1 N–H and O–H groups in total. The summed E-state index contributed by atoms with van der Waals surface area (Å²) in [4.78, 5) is 11.5. The molecule has 0 fully saturated rings. The maximum absolute atomic E-state index is 13.2. The molecule has 0 spiro atoms. The lowest BCUT2D eigenvalue weighted by atomic mass is 9.94. The molecule has 19 heavy (non-hydrogen) atoms. The van der Waals surface area contributed by atoms with Gasteiger partial charge in [0.1, 0.15) is 5.82 Å². The van der Waals surface area contributed by atoms with E-state index in [1.807, 2.05) is 31.2 Å². The van der Waals surface area contributed by atoms with E-state index in [1.165, 1.54) is 12.1 Å². The topological polar surface area (TPSA) is 29.1 Å².